The molecule has 0 heterocycles. The topological polar surface area (TPSA) is 56.1 Å². The number of benzene rings is 1. The van der Waals surface area contributed by atoms with Gasteiger partial charge in [-0.25, -0.2) is 4.99 Å². The number of hydrogen-bond donors (Lipinski definition) is 1. The van der Waals surface area contributed by atoms with Gasteiger partial charge in [-0.15, -0.1) is 0 Å². The van der Waals surface area contributed by atoms with E-state index in [-0.39, 0.29) is 11.5 Å². The lowest BCUT2D eigenvalue weighted by atomic mass is 10.1. The summed E-state index contributed by atoms with van der Waals surface area (Å²) in [5.41, 5.74) is 2.58. The molecule has 0 aliphatic heterocycles. The van der Waals surface area contributed by atoms with Crippen molar-refractivity contribution in [1.82, 2.24) is 4.90 Å². The van der Waals surface area contributed by atoms with Gasteiger partial charge in [0.2, 0.25) is 5.78 Å². The Labute approximate surface area is 150 Å². The molecule has 0 bridgehead atoms. The van der Waals surface area contributed by atoms with Crippen LogP contribution in [-0.4, -0.2) is 47.7 Å². The van der Waals surface area contributed by atoms with E-state index in [4.69, 9.17) is 0 Å². The number of aliphatic imine (C=N–C) groups is 1. The fourth-order valence-electron chi connectivity index (χ4n) is 2.90. The number of rotatable bonds is 7. The van der Waals surface area contributed by atoms with Crippen molar-refractivity contribution in [2.45, 2.75) is 27.7 Å². The molecule has 1 N–H and O–H groups in total. The van der Waals surface area contributed by atoms with E-state index < -0.39 is 0 Å². The highest BCUT2D eigenvalue weighted by Crippen LogP contribution is 2.31. The maximum atomic E-state index is 12.3. The molecule has 0 unspecified atom stereocenters. The van der Waals surface area contributed by atoms with Crippen molar-refractivity contribution >= 4 is 22.9 Å². The molecule has 0 saturated heterocycles. The van der Waals surface area contributed by atoms with Crippen molar-refractivity contribution in [3.8, 4) is 5.75 Å². The summed E-state index contributed by atoms with van der Waals surface area (Å²) in [5.74, 6) is -0.0618. The van der Waals surface area contributed by atoms with Crippen LogP contribution in [0.5, 0.6) is 5.75 Å². The number of allylic oxidation sites excluding steroid dienone is 3. The third-order valence-corrected chi connectivity index (χ3v) is 4.40. The van der Waals surface area contributed by atoms with Crippen LogP contribution in [0, 0.1) is 0 Å². The first-order valence-electron chi connectivity index (χ1n) is 8.89. The van der Waals surface area contributed by atoms with E-state index in [1.54, 1.807) is 24.3 Å². The van der Waals surface area contributed by atoms with Gasteiger partial charge in [-0.05, 0) is 52.0 Å². The van der Waals surface area contributed by atoms with E-state index in [0.717, 1.165) is 37.6 Å². The van der Waals surface area contributed by atoms with Gasteiger partial charge < -0.3 is 14.9 Å². The van der Waals surface area contributed by atoms with Crippen LogP contribution >= 0.6 is 0 Å². The largest absolute Gasteiger partial charge is 0.506 e. The van der Waals surface area contributed by atoms with Crippen LogP contribution in [0.4, 0.5) is 11.4 Å². The lowest BCUT2D eigenvalue weighted by molar-refractivity contribution is -0.108. The minimum atomic E-state index is -0.142. The molecule has 0 saturated carbocycles. The van der Waals surface area contributed by atoms with Crippen LogP contribution in [-0.2, 0) is 4.79 Å². The number of carbonyl (C=O) groups is 1. The summed E-state index contributed by atoms with van der Waals surface area (Å²) in [5, 5.41) is 10.3. The Bertz CT molecular complexity index is 712. The van der Waals surface area contributed by atoms with Crippen molar-refractivity contribution in [3.63, 3.8) is 0 Å². The second-order valence-electron chi connectivity index (χ2n) is 5.78. The second kappa shape index (κ2) is 8.51. The molecule has 1 aliphatic rings. The molecule has 5 heteroatoms. The zero-order chi connectivity index (χ0) is 18.4. The Kier molecular flexibility index (Phi) is 6.39. The van der Waals surface area contributed by atoms with Gasteiger partial charge in [0.05, 0.1) is 0 Å². The zero-order valence-electron chi connectivity index (χ0n) is 15.5. The standard InChI is InChI=1S/C20H27N3O2/c1-5-22(6-2)15-9-11-17(19(24)13-15)21-18-12-10-16(14-20(18)25)23(7-3)8-4/h9-14,24H,5-8H2,1-4H3. The minimum Gasteiger partial charge on any atom is -0.506 e. The number of hydrogen-bond acceptors (Lipinski definition) is 5. The molecule has 0 fully saturated rings. The Morgan fingerprint density at radius 3 is 2.12 bits per heavy atom. The van der Waals surface area contributed by atoms with Gasteiger partial charge in [-0.2, -0.15) is 0 Å². The fraction of sp³-hybridized carbons (Fsp3) is 0.400. The van der Waals surface area contributed by atoms with Gasteiger partial charge in [0, 0.05) is 49.7 Å². The molecular weight excluding hydrogens is 314 g/mol. The van der Waals surface area contributed by atoms with Crippen molar-refractivity contribution in [2.24, 2.45) is 4.99 Å². The average Bonchev–Trinajstić information content (AvgIpc) is 2.61. The summed E-state index contributed by atoms with van der Waals surface area (Å²) in [7, 11) is 0. The molecule has 0 aromatic heterocycles. The number of likely N-dealkylation sites (N-methyl/N-ethyl adjacent to an activating group) is 1. The van der Waals surface area contributed by atoms with Crippen molar-refractivity contribution in [1.29, 1.82) is 0 Å². The molecule has 1 aromatic carbocycles. The summed E-state index contributed by atoms with van der Waals surface area (Å²) in [4.78, 5) is 20.9. The van der Waals surface area contributed by atoms with Gasteiger partial charge in [0.25, 0.3) is 0 Å². The Morgan fingerprint density at radius 1 is 0.960 bits per heavy atom. The maximum Gasteiger partial charge on any atom is 0.206 e. The van der Waals surface area contributed by atoms with Crippen LogP contribution in [0.1, 0.15) is 27.7 Å². The van der Waals surface area contributed by atoms with E-state index >= 15 is 0 Å². The highest BCUT2D eigenvalue weighted by atomic mass is 16.3. The van der Waals surface area contributed by atoms with Crippen molar-refractivity contribution < 1.29 is 9.90 Å². The SMILES string of the molecule is CCN(CC)C1=CC(=O)C(=Nc2ccc(N(CC)CC)cc2O)C=C1. The maximum absolute atomic E-state index is 12.3. The first kappa shape index (κ1) is 18.8. The number of carbonyl (C=O) groups excluding carboxylic acids is 1. The molecule has 2 rings (SSSR count). The predicted molar refractivity (Wildman–Crippen MR) is 104 cm³/mol. The van der Waals surface area contributed by atoms with E-state index in [1.807, 2.05) is 12.1 Å². The van der Waals surface area contributed by atoms with E-state index in [1.165, 1.54) is 0 Å². The summed E-state index contributed by atoms with van der Waals surface area (Å²) >= 11 is 0. The van der Waals surface area contributed by atoms with Crippen LogP contribution in [0.2, 0.25) is 0 Å². The number of ketones is 1. The lowest BCUT2D eigenvalue weighted by Gasteiger charge is -2.23. The Hall–Kier alpha value is -2.56. The van der Waals surface area contributed by atoms with Gasteiger partial charge in [0.15, 0.2) is 0 Å². The van der Waals surface area contributed by atoms with Gasteiger partial charge in [0.1, 0.15) is 17.1 Å². The molecule has 1 aliphatic carbocycles. The fourth-order valence-corrected chi connectivity index (χ4v) is 2.90. The van der Waals surface area contributed by atoms with E-state index in [0.29, 0.717) is 11.4 Å². The number of aromatic hydroxyl groups is 1. The molecule has 0 radical (unpaired) electrons. The number of phenols is 1. The summed E-state index contributed by atoms with van der Waals surface area (Å²) in [6, 6.07) is 5.36. The van der Waals surface area contributed by atoms with Crippen molar-refractivity contribution in [2.75, 3.05) is 31.1 Å². The van der Waals surface area contributed by atoms with Crippen molar-refractivity contribution in [3.05, 3.63) is 42.1 Å². The predicted octanol–water partition coefficient (Wildman–Crippen LogP) is 3.68. The quantitative estimate of drug-likeness (QED) is 0.769. The molecule has 0 spiro atoms. The van der Waals surface area contributed by atoms with E-state index in [2.05, 4.69) is 42.5 Å². The molecule has 0 amide bonds. The van der Waals surface area contributed by atoms with Gasteiger partial charge in [-0.1, -0.05) is 0 Å². The summed E-state index contributed by atoms with van der Waals surface area (Å²) in [6.07, 6.45) is 5.22. The number of anilines is 1. The molecule has 1 aromatic rings. The normalized spacial score (nSPS) is 15.4. The molecular formula is C20H27N3O2. The van der Waals surface area contributed by atoms with E-state index in [9.17, 15) is 9.90 Å². The first-order chi connectivity index (χ1) is 12.0. The average molecular weight is 341 g/mol. The van der Waals surface area contributed by atoms with Crippen LogP contribution in [0.3, 0.4) is 0 Å². The van der Waals surface area contributed by atoms with Crippen LogP contribution in [0.15, 0.2) is 47.1 Å². The Balaban J connectivity index is 2.25. The highest BCUT2D eigenvalue weighted by Gasteiger charge is 2.16. The summed E-state index contributed by atoms with van der Waals surface area (Å²) < 4.78 is 0. The zero-order valence-corrected chi connectivity index (χ0v) is 15.5. The Morgan fingerprint density at radius 2 is 1.60 bits per heavy atom. The van der Waals surface area contributed by atoms with Crippen LogP contribution in [0.25, 0.3) is 0 Å². The second-order valence-corrected chi connectivity index (χ2v) is 5.78. The monoisotopic (exact) mass is 341 g/mol. The molecule has 5 nitrogen and oxygen atoms in total. The molecule has 25 heavy (non-hydrogen) atoms. The lowest BCUT2D eigenvalue weighted by Crippen LogP contribution is -2.25. The molecule has 134 valence electrons. The van der Waals surface area contributed by atoms with Crippen LogP contribution < -0.4 is 4.90 Å². The third kappa shape index (κ3) is 4.29. The molecule has 0 atom stereocenters. The minimum absolute atomic E-state index is 0.0802. The highest BCUT2D eigenvalue weighted by molar-refractivity contribution is 6.49. The number of nitrogens with zero attached hydrogens (tertiary/aromatic N) is 3. The number of phenolic OH excluding ortho intramolecular Hbond substituents is 1. The van der Waals surface area contributed by atoms with Gasteiger partial charge in [-0.3, -0.25) is 4.79 Å². The third-order valence-electron chi connectivity index (χ3n) is 4.40. The first-order valence-corrected chi connectivity index (χ1v) is 8.89. The van der Waals surface area contributed by atoms with Gasteiger partial charge >= 0.3 is 0 Å². The summed E-state index contributed by atoms with van der Waals surface area (Å²) in [6.45, 7) is 11.7. The smallest absolute Gasteiger partial charge is 0.206 e.